The van der Waals surface area contributed by atoms with E-state index in [1.54, 1.807) is 13.0 Å². The van der Waals surface area contributed by atoms with Crippen molar-refractivity contribution in [2.75, 3.05) is 0 Å². The number of pyridine rings is 1. The smallest absolute Gasteiger partial charge is 0.259 e. The third kappa shape index (κ3) is 1.91. The van der Waals surface area contributed by atoms with E-state index in [1.165, 1.54) is 0 Å². The van der Waals surface area contributed by atoms with Gasteiger partial charge in [-0.1, -0.05) is 20.4 Å². The monoisotopic (exact) mass is 322 g/mol. The largest absolute Gasteiger partial charge is 0.322 e. The number of hydrogen-bond donors (Lipinski definition) is 2. The van der Waals surface area contributed by atoms with Crippen LogP contribution in [0.15, 0.2) is 16.9 Å². The molecule has 2 amide bonds. The first-order valence-electron chi connectivity index (χ1n) is 7.87. The molecular formula is C19H18N2O3. The van der Waals surface area contributed by atoms with Gasteiger partial charge >= 0.3 is 0 Å². The van der Waals surface area contributed by atoms with Gasteiger partial charge in [0, 0.05) is 27.1 Å². The van der Waals surface area contributed by atoms with E-state index in [0.29, 0.717) is 38.2 Å². The van der Waals surface area contributed by atoms with Gasteiger partial charge in [-0.15, -0.1) is 0 Å². The number of imide groups is 1. The molecule has 0 aliphatic carbocycles. The first kappa shape index (κ1) is 15.9. The van der Waals surface area contributed by atoms with Crippen LogP contribution in [0.25, 0.3) is 28.1 Å². The molecule has 0 fully saturated rings. The molecule has 3 aromatic rings. The summed E-state index contributed by atoms with van der Waals surface area (Å²) in [6.45, 7) is 11.5. The average molecular weight is 322 g/mol. The summed E-state index contributed by atoms with van der Waals surface area (Å²) >= 11 is 0. The van der Waals surface area contributed by atoms with Gasteiger partial charge in [-0.05, 0) is 37.1 Å². The van der Waals surface area contributed by atoms with Crippen molar-refractivity contribution in [2.45, 2.75) is 27.7 Å². The highest BCUT2D eigenvalue weighted by atomic mass is 16.2. The standard InChI is InChI=1S/C17H12N2O3.C2H6/c1-6-4-9-8(3)18-16(21)11-7(2)5-10-14(13(9)11)12(6)17(22)19-15(10)20;1-2/h4-5H,3H2,1-2H3,(H,18,21)(H,19,20,22);1-2H3. The molecular weight excluding hydrogens is 304 g/mol. The number of rotatable bonds is 0. The molecule has 0 saturated heterocycles. The minimum Gasteiger partial charge on any atom is -0.322 e. The second-order valence-corrected chi connectivity index (χ2v) is 5.70. The van der Waals surface area contributed by atoms with Crippen LogP contribution in [0.5, 0.6) is 0 Å². The van der Waals surface area contributed by atoms with Crippen molar-refractivity contribution in [2.24, 2.45) is 0 Å². The lowest BCUT2D eigenvalue weighted by molar-refractivity contribution is 0.0844. The molecule has 2 heterocycles. The van der Waals surface area contributed by atoms with Crippen LogP contribution >= 0.6 is 0 Å². The molecule has 122 valence electrons. The lowest BCUT2D eigenvalue weighted by Crippen LogP contribution is -2.36. The van der Waals surface area contributed by atoms with Crippen molar-refractivity contribution in [1.82, 2.24) is 10.3 Å². The van der Waals surface area contributed by atoms with E-state index >= 15 is 0 Å². The molecule has 24 heavy (non-hydrogen) atoms. The highest BCUT2D eigenvalue weighted by Crippen LogP contribution is 2.34. The molecule has 0 unspecified atom stereocenters. The fourth-order valence-corrected chi connectivity index (χ4v) is 3.41. The molecule has 1 aliphatic rings. The number of nitrogens with one attached hydrogen (secondary N) is 2. The summed E-state index contributed by atoms with van der Waals surface area (Å²) in [7, 11) is 0. The van der Waals surface area contributed by atoms with Gasteiger partial charge in [-0.25, -0.2) is 0 Å². The van der Waals surface area contributed by atoms with E-state index in [1.807, 2.05) is 26.8 Å². The van der Waals surface area contributed by atoms with Crippen LogP contribution in [0.3, 0.4) is 0 Å². The Morgan fingerprint density at radius 2 is 1.54 bits per heavy atom. The fraction of sp³-hybridized carbons (Fsp3) is 0.211. The predicted molar refractivity (Wildman–Crippen MR) is 95.4 cm³/mol. The Balaban J connectivity index is 0.000000815. The fourth-order valence-electron chi connectivity index (χ4n) is 3.41. The Kier molecular flexibility index (Phi) is 3.52. The third-order valence-corrected chi connectivity index (χ3v) is 4.31. The number of amides is 2. The first-order valence-corrected chi connectivity index (χ1v) is 7.87. The minimum atomic E-state index is -0.430. The Morgan fingerprint density at radius 1 is 0.875 bits per heavy atom. The molecule has 5 nitrogen and oxygen atoms in total. The summed E-state index contributed by atoms with van der Waals surface area (Å²) < 4.78 is 0. The minimum absolute atomic E-state index is 0.255. The van der Waals surface area contributed by atoms with Gasteiger partial charge < -0.3 is 4.98 Å². The van der Waals surface area contributed by atoms with Crippen molar-refractivity contribution in [3.8, 4) is 0 Å². The molecule has 5 heteroatoms. The van der Waals surface area contributed by atoms with Gasteiger partial charge in [0.1, 0.15) is 0 Å². The topological polar surface area (TPSA) is 79.0 Å². The summed E-state index contributed by atoms with van der Waals surface area (Å²) in [6.07, 6.45) is 0. The molecule has 0 atom stereocenters. The second kappa shape index (κ2) is 5.30. The van der Waals surface area contributed by atoms with Crippen molar-refractivity contribution in [3.05, 3.63) is 50.1 Å². The lowest BCUT2D eigenvalue weighted by atomic mass is 9.86. The Morgan fingerprint density at radius 3 is 2.21 bits per heavy atom. The lowest BCUT2D eigenvalue weighted by Gasteiger charge is -2.21. The predicted octanol–water partition coefficient (Wildman–Crippen LogP) is 2.34. The first-order chi connectivity index (χ1) is 11.4. The number of aryl methyl sites for hydroxylation is 2. The van der Waals surface area contributed by atoms with Gasteiger partial charge in [0.2, 0.25) is 0 Å². The number of carbonyl (C=O) groups excluding carboxylic acids is 2. The van der Waals surface area contributed by atoms with E-state index < -0.39 is 11.8 Å². The number of hydrogen-bond acceptors (Lipinski definition) is 3. The second-order valence-electron chi connectivity index (χ2n) is 5.70. The Bertz CT molecular complexity index is 1140. The maximum absolute atomic E-state index is 12.3. The Hall–Kier alpha value is -2.95. The SMILES string of the molecule is C=c1[nH]c(=O)c2c(C)cc3c4c(c(C)cc1c42)C(=O)NC3=O.CC. The summed E-state index contributed by atoms with van der Waals surface area (Å²) in [4.78, 5) is 39.5. The number of benzene rings is 2. The van der Waals surface area contributed by atoms with Crippen molar-refractivity contribution in [3.63, 3.8) is 0 Å². The zero-order chi connectivity index (χ0) is 17.8. The summed E-state index contributed by atoms with van der Waals surface area (Å²) in [6, 6.07) is 3.50. The van der Waals surface area contributed by atoms with Gasteiger partial charge in [0.25, 0.3) is 17.4 Å². The quantitative estimate of drug-likeness (QED) is 0.624. The summed E-state index contributed by atoms with van der Waals surface area (Å²) in [5.41, 5.74) is 2.08. The highest BCUT2D eigenvalue weighted by molar-refractivity contribution is 6.31. The van der Waals surface area contributed by atoms with Crippen molar-refractivity contribution in [1.29, 1.82) is 0 Å². The number of aromatic amines is 1. The van der Waals surface area contributed by atoms with E-state index in [-0.39, 0.29) is 5.56 Å². The van der Waals surface area contributed by atoms with Crippen LogP contribution in [-0.4, -0.2) is 16.8 Å². The zero-order valence-electron chi connectivity index (χ0n) is 14.1. The number of aromatic nitrogens is 1. The summed E-state index contributed by atoms with van der Waals surface area (Å²) in [5, 5.41) is 5.32. The number of H-pyrrole nitrogens is 1. The average Bonchev–Trinajstić information content (AvgIpc) is 2.53. The van der Waals surface area contributed by atoms with E-state index in [2.05, 4.69) is 16.9 Å². The van der Waals surface area contributed by atoms with Crippen LogP contribution in [0.2, 0.25) is 0 Å². The highest BCUT2D eigenvalue weighted by Gasteiger charge is 2.29. The van der Waals surface area contributed by atoms with Gasteiger partial charge in [-0.3, -0.25) is 19.7 Å². The Labute approximate surface area is 138 Å². The molecule has 0 bridgehead atoms. The van der Waals surface area contributed by atoms with Gasteiger partial charge in [0.15, 0.2) is 0 Å². The van der Waals surface area contributed by atoms with Crippen LogP contribution in [0.4, 0.5) is 0 Å². The van der Waals surface area contributed by atoms with Gasteiger partial charge in [0.05, 0.1) is 10.9 Å². The number of carbonyl (C=O) groups is 2. The van der Waals surface area contributed by atoms with E-state index in [9.17, 15) is 14.4 Å². The molecule has 2 N–H and O–H groups in total. The molecule has 0 saturated carbocycles. The molecule has 1 aromatic heterocycles. The molecule has 4 rings (SSSR count). The van der Waals surface area contributed by atoms with Crippen LogP contribution < -0.4 is 16.2 Å². The van der Waals surface area contributed by atoms with Crippen LogP contribution in [0, 0.1) is 13.8 Å². The van der Waals surface area contributed by atoms with Crippen LogP contribution in [0.1, 0.15) is 45.7 Å². The molecule has 2 aromatic carbocycles. The third-order valence-electron chi connectivity index (χ3n) is 4.31. The van der Waals surface area contributed by atoms with Crippen LogP contribution in [-0.2, 0) is 0 Å². The summed E-state index contributed by atoms with van der Waals surface area (Å²) in [5.74, 6) is -0.853. The van der Waals surface area contributed by atoms with Crippen molar-refractivity contribution >= 4 is 39.9 Å². The van der Waals surface area contributed by atoms with E-state index in [0.717, 1.165) is 10.9 Å². The maximum atomic E-state index is 12.3. The van der Waals surface area contributed by atoms with Gasteiger partial charge in [-0.2, -0.15) is 0 Å². The maximum Gasteiger partial charge on any atom is 0.259 e. The van der Waals surface area contributed by atoms with Crippen molar-refractivity contribution < 1.29 is 9.59 Å². The van der Waals surface area contributed by atoms with E-state index in [4.69, 9.17) is 0 Å². The zero-order valence-corrected chi connectivity index (χ0v) is 14.1. The normalized spacial score (nSPS) is 13.0. The molecule has 0 spiro atoms. The molecule has 1 aliphatic heterocycles. The molecule has 0 radical (unpaired) electrons.